The number of benzene rings is 3. The lowest BCUT2D eigenvalue weighted by molar-refractivity contribution is -0.132. The van der Waals surface area contributed by atoms with Gasteiger partial charge in [-0.3, -0.25) is 14.5 Å². The van der Waals surface area contributed by atoms with Crippen molar-refractivity contribution in [3.05, 3.63) is 110 Å². The lowest BCUT2D eigenvalue weighted by Gasteiger charge is -2.23. The molecule has 1 unspecified atom stereocenters. The van der Waals surface area contributed by atoms with Crippen LogP contribution in [-0.4, -0.2) is 27.0 Å². The van der Waals surface area contributed by atoms with Gasteiger partial charge < -0.3 is 5.11 Å². The molecule has 1 N–H and O–H groups in total. The standard InChI is InChI=1S/C29H24BrN3O3S2/c1-16-8-11-19(12-9-16)15-37-29-32-31-28(38-29)33-24(20-5-4-6-21(30)14-20)23(26(35)27(33)36)25(34)22-13-17(2)7-10-18(22)3/h4-14,24,34H,15H2,1-3H3/b25-23+. The van der Waals surface area contributed by atoms with E-state index in [-0.39, 0.29) is 11.3 Å². The fourth-order valence-electron chi connectivity index (χ4n) is 4.35. The largest absolute Gasteiger partial charge is 0.507 e. The van der Waals surface area contributed by atoms with Crippen molar-refractivity contribution in [2.45, 2.75) is 36.9 Å². The van der Waals surface area contributed by atoms with Gasteiger partial charge in [0.2, 0.25) is 5.13 Å². The summed E-state index contributed by atoms with van der Waals surface area (Å²) in [6.07, 6.45) is 0. The smallest absolute Gasteiger partial charge is 0.301 e. The van der Waals surface area contributed by atoms with E-state index in [1.165, 1.54) is 33.6 Å². The first-order valence-corrected chi connectivity index (χ1v) is 14.5. The molecule has 1 aromatic heterocycles. The van der Waals surface area contributed by atoms with Crippen LogP contribution in [0.5, 0.6) is 0 Å². The molecule has 5 rings (SSSR count). The Kier molecular flexibility index (Phi) is 7.52. The maximum Gasteiger partial charge on any atom is 0.301 e. The van der Waals surface area contributed by atoms with Gasteiger partial charge in [0.05, 0.1) is 11.6 Å². The van der Waals surface area contributed by atoms with E-state index in [1.54, 1.807) is 0 Å². The minimum Gasteiger partial charge on any atom is -0.507 e. The Hall–Kier alpha value is -3.27. The molecule has 1 atom stereocenters. The lowest BCUT2D eigenvalue weighted by Crippen LogP contribution is -2.29. The summed E-state index contributed by atoms with van der Waals surface area (Å²) in [6, 6.07) is 20.4. The van der Waals surface area contributed by atoms with Gasteiger partial charge in [-0.2, -0.15) is 0 Å². The number of aliphatic hydroxyl groups is 1. The number of aryl methyl sites for hydroxylation is 3. The molecule has 1 aliphatic rings. The Morgan fingerprint density at radius 2 is 1.74 bits per heavy atom. The molecule has 1 saturated heterocycles. The highest BCUT2D eigenvalue weighted by Crippen LogP contribution is 2.44. The summed E-state index contributed by atoms with van der Waals surface area (Å²) in [4.78, 5) is 28.2. The van der Waals surface area contributed by atoms with Crippen molar-refractivity contribution in [2.24, 2.45) is 0 Å². The summed E-state index contributed by atoms with van der Waals surface area (Å²) >= 11 is 6.27. The molecule has 6 nitrogen and oxygen atoms in total. The van der Waals surface area contributed by atoms with Crippen LogP contribution in [0.25, 0.3) is 5.76 Å². The zero-order chi connectivity index (χ0) is 27.0. The van der Waals surface area contributed by atoms with E-state index >= 15 is 0 Å². The van der Waals surface area contributed by atoms with E-state index in [9.17, 15) is 14.7 Å². The van der Waals surface area contributed by atoms with E-state index in [4.69, 9.17) is 0 Å². The minimum atomic E-state index is -0.852. The average molecular weight is 607 g/mol. The van der Waals surface area contributed by atoms with Gasteiger partial charge in [0.1, 0.15) is 5.76 Å². The molecule has 1 fully saturated rings. The number of rotatable bonds is 6. The lowest BCUT2D eigenvalue weighted by atomic mass is 9.93. The summed E-state index contributed by atoms with van der Waals surface area (Å²) in [6.45, 7) is 5.82. The van der Waals surface area contributed by atoms with Crippen molar-refractivity contribution in [3.63, 3.8) is 0 Å². The van der Waals surface area contributed by atoms with Gasteiger partial charge in [-0.1, -0.05) is 98.7 Å². The number of nitrogens with zero attached hydrogens (tertiary/aromatic N) is 3. The van der Waals surface area contributed by atoms with E-state index in [0.29, 0.717) is 26.4 Å². The number of hydrogen-bond acceptors (Lipinski definition) is 7. The van der Waals surface area contributed by atoms with Crippen LogP contribution < -0.4 is 4.90 Å². The van der Waals surface area contributed by atoms with E-state index in [1.807, 2.05) is 63.2 Å². The SMILES string of the molecule is Cc1ccc(CSc2nnc(N3C(=O)C(=O)/C(=C(/O)c4cc(C)ccc4C)C3c3cccc(Br)c3)s2)cc1. The molecule has 38 heavy (non-hydrogen) atoms. The third-order valence-electron chi connectivity index (χ3n) is 6.34. The Morgan fingerprint density at radius 3 is 2.47 bits per heavy atom. The van der Waals surface area contributed by atoms with Gasteiger partial charge in [0.15, 0.2) is 4.34 Å². The number of aliphatic hydroxyl groups excluding tert-OH is 1. The summed E-state index contributed by atoms with van der Waals surface area (Å²) in [5.41, 5.74) is 5.32. The van der Waals surface area contributed by atoms with Crippen molar-refractivity contribution in [1.82, 2.24) is 10.2 Å². The monoisotopic (exact) mass is 605 g/mol. The normalized spacial score (nSPS) is 16.8. The second-order valence-electron chi connectivity index (χ2n) is 9.17. The third-order valence-corrected chi connectivity index (χ3v) is 8.96. The zero-order valence-electron chi connectivity index (χ0n) is 20.9. The second-order valence-corrected chi connectivity index (χ2v) is 12.3. The first-order chi connectivity index (χ1) is 18.2. The van der Waals surface area contributed by atoms with Crippen LogP contribution in [0.15, 0.2) is 81.1 Å². The predicted octanol–water partition coefficient (Wildman–Crippen LogP) is 7.14. The predicted molar refractivity (Wildman–Crippen MR) is 155 cm³/mol. The molecule has 0 aliphatic carbocycles. The Bertz CT molecular complexity index is 1580. The molecular weight excluding hydrogens is 582 g/mol. The number of anilines is 1. The number of thioether (sulfide) groups is 1. The number of carbonyl (C=O) groups excluding carboxylic acids is 2. The zero-order valence-corrected chi connectivity index (χ0v) is 24.2. The molecule has 0 saturated carbocycles. The average Bonchev–Trinajstić information content (AvgIpc) is 3.47. The van der Waals surface area contributed by atoms with E-state index in [2.05, 4.69) is 50.4 Å². The Morgan fingerprint density at radius 1 is 1.00 bits per heavy atom. The van der Waals surface area contributed by atoms with Crippen LogP contribution in [-0.2, 0) is 15.3 Å². The third kappa shape index (κ3) is 5.18. The highest BCUT2D eigenvalue weighted by atomic mass is 79.9. The van der Waals surface area contributed by atoms with Crippen LogP contribution in [0.3, 0.4) is 0 Å². The quantitative estimate of drug-likeness (QED) is 0.0826. The first-order valence-electron chi connectivity index (χ1n) is 11.9. The van der Waals surface area contributed by atoms with Crippen molar-refractivity contribution >= 4 is 61.6 Å². The highest BCUT2D eigenvalue weighted by Gasteiger charge is 2.48. The molecule has 0 bridgehead atoms. The molecular formula is C29H24BrN3O3S2. The topological polar surface area (TPSA) is 83.4 Å². The van der Waals surface area contributed by atoms with Crippen LogP contribution in [0.1, 0.15) is 39.4 Å². The fraction of sp³-hybridized carbons (Fsp3) is 0.172. The van der Waals surface area contributed by atoms with E-state index < -0.39 is 17.7 Å². The number of carbonyl (C=O) groups is 2. The molecule has 1 aliphatic heterocycles. The van der Waals surface area contributed by atoms with Crippen molar-refractivity contribution in [1.29, 1.82) is 0 Å². The summed E-state index contributed by atoms with van der Waals surface area (Å²) in [5, 5.41) is 20.3. The van der Waals surface area contributed by atoms with Gasteiger partial charge >= 0.3 is 5.91 Å². The van der Waals surface area contributed by atoms with Gasteiger partial charge in [0.25, 0.3) is 5.78 Å². The minimum absolute atomic E-state index is 0.0332. The number of ketones is 1. The second kappa shape index (κ2) is 10.8. The van der Waals surface area contributed by atoms with Crippen LogP contribution in [0.4, 0.5) is 5.13 Å². The van der Waals surface area contributed by atoms with Gasteiger partial charge in [0, 0.05) is 15.8 Å². The van der Waals surface area contributed by atoms with Gasteiger partial charge in [-0.05, 0) is 55.7 Å². The maximum absolute atomic E-state index is 13.4. The number of hydrogen-bond donors (Lipinski definition) is 1. The maximum atomic E-state index is 13.4. The van der Waals surface area contributed by atoms with Gasteiger partial charge in [-0.25, -0.2) is 0 Å². The van der Waals surface area contributed by atoms with Crippen molar-refractivity contribution in [2.75, 3.05) is 4.90 Å². The summed E-state index contributed by atoms with van der Waals surface area (Å²) in [5.74, 6) is -0.990. The Balaban J connectivity index is 1.56. The van der Waals surface area contributed by atoms with Crippen LogP contribution in [0, 0.1) is 20.8 Å². The molecule has 0 radical (unpaired) electrons. The summed E-state index contributed by atoms with van der Waals surface area (Å²) < 4.78 is 1.48. The van der Waals surface area contributed by atoms with Crippen LogP contribution >= 0.6 is 39.0 Å². The summed E-state index contributed by atoms with van der Waals surface area (Å²) in [7, 11) is 0. The molecule has 1 amide bonds. The first kappa shape index (κ1) is 26.3. The molecule has 3 aromatic carbocycles. The molecule has 2 heterocycles. The molecule has 0 spiro atoms. The number of Topliss-reactive ketones (excluding diaryl/α,β-unsaturated/α-hetero) is 1. The molecule has 192 valence electrons. The molecule has 4 aromatic rings. The number of aromatic nitrogens is 2. The number of halogens is 1. The van der Waals surface area contributed by atoms with Crippen molar-refractivity contribution in [3.8, 4) is 0 Å². The Labute approximate surface area is 237 Å². The van der Waals surface area contributed by atoms with E-state index in [0.717, 1.165) is 21.2 Å². The van der Waals surface area contributed by atoms with Crippen LogP contribution in [0.2, 0.25) is 0 Å². The number of amides is 1. The van der Waals surface area contributed by atoms with Gasteiger partial charge in [-0.15, -0.1) is 10.2 Å². The highest BCUT2D eigenvalue weighted by molar-refractivity contribution is 9.10. The molecule has 9 heteroatoms. The fourth-order valence-corrected chi connectivity index (χ4v) is 6.59. The van der Waals surface area contributed by atoms with Crippen molar-refractivity contribution < 1.29 is 14.7 Å².